The maximum absolute atomic E-state index is 6.13. The normalized spacial score (nSPS) is 32.5. The number of benzene rings is 1. The zero-order chi connectivity index (χ0) is 19.9. The molecule has 1 aromatic rings. The predicted molar refractivity (Wildman–Crippen MR) is 116 cm³/mol. The Balaban J connectivity index is 1.75. The van der Waals surface area contributed by atoms with Crippen molar-refractivity contribution < 1.29 is 9.47 Å². The van der Waals surface area contributed by atoms with Crippen LogP contribution < -0.4 is 4.74 Å². The first-order valence-corrected chi connectivity index (χ1v) is 11.6. The number of ether oxygens (including phenoxy) is 2. The van der Waals surface area contributed by atoms with Crippen molar-refractivity contribution in [1.82, 2.24) is 0 Å². The van der Waals surface area contributed by atoms with Gasteiger partial charge in [0, 0.05) is 12.7 Å². The van der Waals surface area contributed by atoms with E-state index in [0.29, 0.717) is 18.1 Å². The molecule has 0 amide bonds. The summed E-state index contributed by atoms with van der Waals surface area (Å²) in [6, 6.07) is 7.15. The summed E-state index contributed by atoms with van der Waals surface area (Å²) in [5.74, 6) is 4.51. The van der Waals surface area contributed by atoms with Crippen LogP contribution in [0.4, 0.5) is 0 Å². The van der Waals surface area contributed by atoms with Crippen LogP contribution in [0.1, 0.15) is 96.1 Å². The molecule has 2 heteroatoms. The van der Waals surface area contributed by atoms with Crippen LogP contribution in [0.15, 0.2) is 18.2 Å². The standard InChI is InChI=1S/C26H40O2/c1-6-7-22(25(2,3)4)21-8-9-24(28-17-27-5)23(13-21)26-14-18-10-19(15-26)12-20(11-18)16-26/h8-9,13,18-20,22H,6-7,10-12,14-17H2,1-5H3. The SMILES string of the molecule is CCCC(c1ccc(OCOC)c(C23CC4CC(CC(C4)C2)C3)c1)C(C)(C)C. The molecule has 0 N–H and O–H groups in total. The molecule has 1 aromatic carbocycles. The summed E-state index contributed by atoms with van der Waals surface area (Å²) in [4.78, 5) is 0. The summed E-state index contributed by atoms with van der Waals surface area (Å²) in [6.45, 7) is 9.85. The average molecular weight is 385 g/mol. The molecule has 4 saturated carbocycles. The van der Waals surface area contributed by atoms with Gasteiger partial charge in [0.2, 0.25) is 0 Å². The van der Waals surface area contributed by atoms with Crippen molar-refractivity contribution in [2.45, 2.75) is 90.4 Å². The molecule has 0 spiro atoms. The fourth-order valence-electron chi connectivity index (χ4n) is 7.26. The first kappa shape index (κ1) is 20.3. The van der Waals surface area contributed by atoms with Gasteiger partial charge >= 0.3 is 0 Å². The molecule has 2 nitrogen and oxygen atoms in total. The van der Waals surface area contributed by atoms with Crippen LogP contribution in [0.2, 0.25) is 0 Å². The molecular weight excluding hydrogens is 344 g/mol. The molecule has 5 rings (SSSR count). The molecular formula is C26H40O2. The van der Waals surface area contributed by atoms with E-state index in [0.717, 1.165) is 23.5 Å². The number of hydrogen-bond donors (Lipinski definition) is 0. The Morgan fingerprint density at radius 2 is 1.64 bits per heavy atom. The van der Waals surface area contributed by atoms with Gasteiger partial charge in [-0.3, -0.25) is 0 Å². The highest BCUT2D eigenvalue weighted by molar-refractivity contribution is 5.45. The largest absolute Gasteiger partial charge is 0.467 e. The van der Waals surface area contributed by atoms with E-state index in [1.807, 2.05) is 0 Å². The first-order chi connectivity index (χ1) is 13.3. The zero-order valence-electron chi connectivity index (χ0n) is 18.7. The quantitative estimate of drug-likeness (QED) is 0.468. The summed E-state index contributed by atoms with van der Waals surface area (Å²) in [6.07, 6.45) is 11.0. The third-order valence-electron chi connectivity index (χ3n) is 7.97. The van der Waals surface area contributed by atoms with Gasteiger partial charge in [-0.05, 0) is 91.1 Å². The molecule has 4 fully saturated rings. The summed E-state index contributed by atoms with van der Waals surface area (Å²) < 4.78 is 11.4. The second-order valence-electron chi connectivity index (χ2n) is 11.2. The van der Waals surface area contributed by atoms with Gasteiger partial charge in [0.15, 0.2) is 6.79 Å². The van der Waals surface area contributed by atoms with Gasteiger partial charge in [-0.2, -0.15) is 0 Å². The number of methoxy groups -OCH3 is 1. The van der Waals surface area contributed by atoms with E-state index in [9.17, 15) is 0 Å². The van der Waals surface area contributed by atoms with Gasteiger partial charge in [0.1, 0.15) is 5.75 Å². The summed E-state index contributed by atoms with van der Waals surface area (Å²) in [5, 5.41) is 0. The molecule has 0 saturated heterocycles. The lowest BCUT2D eigenvalue weighted by molar-refractivity contribution is -0.00890. The summed E-state index contributed by atoms with van der Waals surface area (Å²) >= 11 is 0. The molecule has 28 heavy (non-hydrogen) atoms. The fourth-order valence-corrected chi connectivity index (χ4v) is 7.26. The van der Waals surface area contributed by atoms with Crippen LogP contribution in [0.3, 0.4) is 0 Å². The lowest BCUT2D eigenvalue weighted by Gasteiger charge is -2.57. The highest BCUT2D eigenvalue weighted by Gasteiger charge is 2.52. The van der Waals surface area contributed by atoms with Crippen LogP contribution in [0.25, 0.3) is 0 Å². The molecule has 0 aromatic heterocycles. The Labute approximate surface area is 172 Å². The van der Waals surface area contributed by atoms with Gasteiger partial charge in [0.25, 0.3) is 0 Å². The Kier molecular flexibility index (Phi) is 5.55. The van der Waals surface area contributed by atoms with Crippen molar-refractivity contribution >= 4 is 0 Å². The van der Waals surface area contributed by atoms with Crippen molar-refractivity contribution in [3.8, 4) is 5.75 Å². The molecule has 1 atom stereocenters. The lowest BCUT2D eigenvalue weighted by atomic mass is 9.48. The average Bonchev–Trinajstić information content (AvgIpc) is 2.62. The third-order valence-corrected chi connectivity index (χ3v) is 7.97. The molecule has 0 aliphatic heterocycles. The van der Waals surface area contributed by atoms with E-state index in [-0.39, 0.29) is 5.41 Å². The van der Waals surface area contributed by atoms with E-state index in [1.54, 1.807) is 7.11 Å². The van der Waals surface area contributed by atoms with Crippen LogP contribution in [0, 0.1) is 23.2 Å². The van der Waals surface area contributed by atoms with Crippen molar-refractivity contribution in [3.05, 3.63) is 29.3 Å². The van der Waals surface area contributed by atoms with Crippen LogP contribution in [0.5, 0.6) is 5.75 Å². The minimum Gasteiger partial charge on any atom is -0.467 e. The van der Waals surface area contributed by atoms with Gasteiger partial charge in [-0.15, -0.1) is 0 Å². The Morgan fingerprint density at radius 3 is 2.14 bits per heavy atom. The maximum atomic E-state index is 6.13. The monoisotopic (exact) mass is 384 g/mol. The Hall–Kier alpha value is -1.02. The number of hydrogen-bond acceptors (Lipinski definition) is 2. The smallest absolute Gasteiger partial charge is 0.188 e. The van der Waals surface area contributed by atoms with E-state index in [4.69, 9.17) is 9.47 Å². The Bertz CT molecular complexity index is 649. The molecule has 0 heterocycles. The fraction of sp³-hybridized carbons (Fsp3) is 0.769. The third kappa shape index (κ3) is 3.74. The van der Waals surface area contributed by atoms with Crippen molar-refractivity contribution in [2.75, 3.05) is 13.9 Å². The first-order valence-electron chi connectivity index (χ1n) is 11.6. The van der Waals surface area contributed by atoms with Crippen LogP contribution in [-0.2, 0) is 10.2 Å². The molecule has 1 unspecified atom stereocenters. The van der Waals surface area contributed by atoms with Gasteiger partial charge < -0.3 is 9.47 Å². The minimum absolute atomic E-state index is 0.281. The highest BCUT2D eigenvalue weighted by atomic mass is 16.7. The molecule has 0 radical (unpaired) electrons. The van der Waals surface area contributed by atoms with E-state index >= 15 is 0 Å². The van der Waals surface area contributed by atoms with Gasteiger partial charge in [-0.1, -0.05) is 46.2 Å². The van der Waals surface area contributed by atoms with Gasteiger partial charge in [0.05, 0.1) is 0 Å². The molecule has 156 valence electrons. The van der Waals surface area contributed by atoms with E-state index in [1.165, 1.54) is 62.5 Å². The second-order valence-corrected chi connectivity index (χ2v) is 11.2. The Morgan fingerprint density at radius 1 is 1.04 bits per heavy atom. The van der Waals surface area contributed by atoms with E-state index in [2.05, 4.69) is 45.9 Å². The van der Waals surface area contributed by atoms with Crippen LogP contribution in [-0.4, -0.2) is 13.9 Å². The number of rotatable bonds is 7. The van der Waals surface area contributed by atoms with Crippen molar-refractivity contribution in [3.63, 3.8) is 0 Å². The lowest BCUT2D eigenvalue weighted by Crippen LogP contribution is -2.48. The van der Waals surface area contributed by atoms with E-state index < -0.39 is 0 Å². The summed E-state index contributed by atoms with van der Waals surface area (Å²) in [7, 11) is 1.72. The van der Waals surface area contributed by atoms with Gasteiger partial charge in [-0.25, -0.2) is 0 Å². The summed E-state index contributed by atoms with van der Waals surface area (Å²) in [5.41, 5.74) is 3.66. The predicted octanol–water partition coefficient (Wildman–Crippen LogP) is 7.07. The minimum atomic E-state index is 0.281. The molecule has 4 bridgehead atoms. The maximum Gasteiger partial charge on any atom is 0.188 e. The van der Waals surface area contributed by atoms with Crippen molar-refractivity contribution in [2.24, 2.45) is 23.2 Å². The van der Waals surface area contributed by atoms with Crippen LogP contribution >= 0.6 is 0 Å². The molecule has 4 aliphatic rings. The second kappa shape index (κ2) is 7.67. The zero-order valence-corrected chi connectivity index (χ0v) is 18.7. The topological polar surface area (TPSA) is 18.5 Å². The van der Waals surface area contributed by atoms with Crippen molar-refractivity contribution in [1.29, 1.82) is 0 Å². The molecule has 4 aliphatic carbocycles. The highest BCUT2D eigenvalue weighted by Crippen LogP contribution is 2.62.